The molecule has 1 aliphatic carbocycles. The summed E-state index contributed by atoms with van der Waals surface area (Å²) in [6.07, 6.45) is 3.96. The summed E-state index contributed by atoms with van der Waals surface area (Å²) < 4.78 is 0. The molecular weight excluding hydrogens is 240 g/mol. The van der Waals surface area contributed by atoms with E-state index in [4.69, 9.17) is 0 Å². The molecule has 2 aromatic carbocycles. The van der Waals surface area contributed by atoms with Crippen molar-refractivity contribution in [3.63, 3.8) is 0 Å². The summed E-state index contributed by atoms with van der Waals surface area (Å²) in [4.78, 5) is 12.3. The lowest BCUT2D eigenvalue weighted by molar-refractivity contribution is 0.104. The molecule has 0 saturated heterocycles. The zero-order valence-corrected chi connectivity index (χ0v) is 10.7. The van der Waals surface area contributed by atoms with Crippen molar-refractivity contribution in [2.75, 3.05) is 5.75 Å². The molecule has 0 radical (unpaired) electrons. The molecule has 0 fully saturated rings. The molecule has 0 N–H and O–H groups in total. The Labute approximate surface area is 112 Å². The Morgan fingerprint density at radius 3 is 2.44 bits per heavy atom. The highest BCUT2D eigenvalue weighted by molar-refractivity contribution is 7.80. The fourth-order valence-corrected chi connectivity index (χ4v) is 2.44. The lowest BCUT2D eigenvalue weighted by atomic mass is 10.0. The summed E-state index contributed by atoms with van der Waals surface area (Å²) in [6, 6.07) is 13.8. The van der Waals surface area contributed by atoms with Crippen molar-refractivity contribution in [1.82, 2.24) is 0 Å². The first-order chi connectivity index (χ1) is 8.81. The van der Waals surface area contributed by atoms with Gasteiger partial charge in [0.1, 0.15) is 0 Å². The van der Waals surface area contributed by atoms with Crippen LogP contribution in [0.15, 0.2) is 48.5 Å². The maximum Gasteiger partial charge on any atom is 0.194 e. The molecule has 18 heavy (non-hydrogen) atoms. The molecule has 0 aromatic heterocycles. The van der Waals surface area contributed by atoms with Crippen molar-refractivity contribution in [2.24, 2.45) is 0 Å². The van der Waals surface area contributed by atoms with E-state index < -0.39 is 0 Å². The molecule has 2 aromatic rings. The van der Waals surface area contributed by atoms with Crippen LogP contribution in [0.4, 0.5) is 0 Å². The third-order valence-electron chi connectivity index (χ3n) is 3.17. The van der Waals surface area contributed by atoms with E-state index >= 15 is 0 Å². The second-order valence-corrected chi connectivity index (χ2v) is 4.63. The number of carbonyl (C=O) groups excluding carboxylic acids is 1. The molecule has 3 rings (SSSR count). The second kappa shape index (κ2) is 4.46. The first kappa shape index (κ1) is 11.3. The highest BCUT2D eigenvalue weighted by Crippen LogP contribution is 2.36. The van der Waals surface area contributed by atoms with Gasteiger partial charge in [-0.1, -0.05) is 48.6 Å². The van der Waals surface area contributed by atoms with Gasteiger partial charge < -0.3 is 0 Å². The summed E-state index contributed by atoms with van der Waals surface area (Å²) in [5.74, 6) is 0.826. The van der Waals surface area contributed by atoms with Gasteiger partial charge in [-0.2, -0.15) is 12.6 Å². The molecule has 1 aliphatic rings. The monoisotopic (exact) mass is 252 g/mol. The molecule has 0 atom stereocenters. The molecule has 0 amide bonds. The first-order valence-corrected chi connectivity index (χ1v) is 6.50. The minimum Gasteiger partial charge on any atom is -0.289 e. The Kier molecular flexibility index (Phi) is 2.80. The standard InChI is InChI=1S/C16H12OS/c17-16-14-6-2-1-5-12(14)13-8-7-11(4-3-9-18)10-15(13)16/h1-8,10,18H,9H2. The number of hydrogen-bond acceptors (Lipinski definition) is 2. The molecule has 2 heteroatoms. The zero-order valence-electron chi connectivity index (χ0n) is 9.76. The third-order valence-corrected chi connectivity index (χ3v) is 3.38. The van der Waals surface area contributed by atoms with E-state index in [-0.39, 0.29) is 5.78 Å². The van der Waals surface area contributed by atoms with E-state index in [1.807, 2.05) is 54.6 Å². The van der Waals surface area contributed by atoms with Crippen LogP contribution in [0.3, 0.4) is 0 Å². The van der Waals surface area contributed by atoms with Crippen LogP contribution in [0.5, 0.6) is 0 Å². The largest absolute Gasteiger partial charge is 0.289 e. The van der Waals surface area contributed by atoms with E-state index in [1.165, 1.54) is 0 Å². The maximum absolute atomic E-state index is 12.3. The number of thiol groups is 1. The molecule has 0 unspecified atom stereocenters. The normalized spacial score (nSPS) is 12.8. The lowest BCUT2D eigenvalue weighted by Crippen LogP contribution is -1.94. The Bertz CT molecular complexity index is 656. The van der Waals surface area contributed by atoms with Gasteiger partial charge in [-0.15, -0.1) is 0 Å². The van der Waals surface area contributed by atoms with Gasteiger partial charge in [0.05, 0.1) is 0 Å². The Balaban J connectivity index is 2.14. The number of fused-ring (bicyclic) bond motifs is 3. The van der Waals surface area contributed by atoms with Crippen molar-refractivity contribution in [3.8, 4) is 11.1 Å². The first-order valence-electron chi connectivity index (χ1n) is 5.87. The maximum atomic E-state index is 12.3. The van der Waals surface area contributed by atoms with Crippen molar-refractivity contribution < 1.29 is 4.79 Å². The van der Waals surface area contributed by atoms with Crippen LogP contribution >= 0.6 is 12.6 Å². The minimum atomic E-state index is 0.127. The van der Waals surface area contributed by atoms with Crippen molar-refractivity contribution >= 4 is 24.5 Å². The van der Waals surface area contributed by atoms with Crippen LogP contribution in [0, 0.1) is 0 Å². The molecule has 0 heterocycles. The van der Waals surface area contributed by atoms with Gasteiger partial charge in [-0.3, -0.25) is 4.79 Å². The van der Waals surface area contributed by atoms with Gasteiger partial charge in [0, 0.05) is 16.9 Å². The van der Waals surface area contributed by atoms with Gasteiger partial charge in [-0.05, 0) is 22.8 Å². The van der Waals surface area contributed by atoms with Crippen LogP contribution in [0.25, 0.3) is 17.2 Å². The fraction of sp³-hybridized carbons (Fsp3) is 0.0625. The van der Waals surface area contributed by atoms with E-state index in [2.05, 4.69) is 12.6 Å². The second-order valence-electron chi connectivity index (χ2n) is 4.26. The number of ketones is 1. The number of carbonyl (C=O) groups is 1. The van der Waals surface area contributed by atoms with Gasteiger partial charge in [0.25, 0.3) is 0 Å². The fourth-order valence-electron chi connectivity index (χ4n) is 2.34. The molecule has 0 aliphatic heterocycles. The van der Waals surface area contributed by atoms with Gasteiger partial charge in [0.15, 0.2) is 5.78 Å². The summed E-state index contributed by atoms with van der Waals surface area (Å²) in [5, 5.41) is 0. The summed E-state index contributed by atoms with van der Waals surface area (Å²) >= 11 is 4.14. The predicted octanol–water partition coefficient (Wildman–Crippen LogP) is 3.84. The number of rotatable bonds is 2. The van der Waals surface area contributed by atoms with E-state index in [0.717, 1.165) is 27.8 Å². The van der Waals surface area contributed by atoms with E-state index in [0.29, 0.717) is 5.75 Å². The molecule has 88 valence electrons. The molecule has 0 saturated carbocycles. The highest BCUT2D eigenvalue weighted by Gasteiger charge is 2.25. The van der Waals surface area contributed by atoms with Crippen molar-refractivity contribution in [2.45, 2.75) is 0 Å². The van der Waals surface area contributed by atoms with Gasteiger partial charge in [-0.25, -0.2) is 0 Å². The van der Waals surface area contributed by atoms with Crippen LogP contribution in [-0.2, 0) is 0 Å². The summed E-state index contributed by atoms with van der Waals surface area (Å²) in [7, 11) is 0. The van der Waals surface area contributed by atoms with Crippen molar-refractivity contribution in [3.05, 3.63) is 65.2 Å². The number of hydrogen-bond donors (Lipinski definition) is 1. The molecule has 0 spiro atoms. The Hall–Kier alpha value is -1.80. The van der Waals surface area contributed by atoms with Gasteiger partial charge >= 0.3 is 0 Å². The predicted molar refractivity (Wildman–Crippen MR) is 78.2 cm³/mol. The van der Waals surface area contributed by atoms with Crippen LogP contribution in [-0.4, -0.2) is 11.5 Å². The summed E-state index contributed by atoms with van der Waals surface area (Å²) in [5.41, 5.74) is 4.74. The average molecular weight is 252 g/mol. The summed E-state index contributed by atoms with van der Waals surface area (Å²) in [6.45, 7) is 0. The Morgan fingerprint density at radius 1 is 0.944 bits per heavy atom. The molecule has 0 bridgehead atoms. The third kappa shape index (κ3) is 1.70. The van der Waals surface area contributed by atoms with Crippen LogP contribution in [0.1, 0.15) is 21.5 Å². The zero-order chi connectivity index (χ0) is 12.5. The Morgan fingerprint density at radius 2 is 1.67 bits per heavy atom. The average Bonchev–Trinajstić information content (AvgIpc) is 2.71. The number of benzene rings is 2. The van der Waals surface area contributed by atoms with E-state index in [1.54, 1.807) is 0 Å². The van der Waals surface area contributed by atoms with Crippen LogP contribution < -0.4 is 0 Å². The topological polar surface area (TPSA) is 17.1 Å². The highest BCUT2D eigenvalue weighted by atomic mass is 32.1. The smallest absolute Gasteiger partial charge is 0.194 e. The SMILES string of the molecule is O=C1c2ccccc2-c2ccc(C=CCS)cc21. The van der Waals surface area contributed by atoms with E-state index in [9.17, 15) is 4.79 Å². The lowest BCUT2D eigenvalue weighted by Gasteiger charge is -2.00. The van der Waals surface area contributed by atoms with Crippen molar-refractivity contribution in [1.29, 1.82) is 0 Å². The van der Waals surface area contributed by atoms with Gasteiger partial charge in [0.2, 0.25) is 0 Å². The molecular formula is C16H12OS. The quantitative estimate of drug-likeness (QED) is 0.686. The minimum absolute atomic E-state index is 0.127. The molecule has 1 nitrogen and oxygen atoms in total. The van der Waals surface area contributed by atoms with Crippen LogP contribution in [0.2, 0.25) is 0 Å².